The second kappa shape index (κ2) is 6.60. The number of halogens is 1. The Hall–Kier alpha value is -1.42. The predicted molar refractivity (Wildman–Crippen MR) is 89.7 cm³/mol. The maximum absolute atomic E-state index is 14.0. The predicted octanol–water partition coefficient (Wildman–Crippen LogP) is 3.14. The largest absolute Gasteiger partial charge is 0.354 e. The minimum Gasteiger partial charge on any atom is -0.354 e. The summed E-state index contributed by atoms with van der Waals surface area (Å²) in [4.78, 5) is 12.5. The van der Waals surface area contributed by atoms with Gasteiger partial charge in [-0.1, -0.05) is 44.9 Å². The number of hydrogen-bond donors (Lipinski definition) is 2. The molecule has 4 heteroatoms. The van der Waals surface area contributed by atoms with Crippen molar-refractivity contribution in [2.45, 2.75) is 63.5 Å². The molecule has 3 rings (SSSR count). The van der Waals surface area contributed by atoms with Gasteiger partial charge in [0.15, 0.2) is 0 Å². The summed E-state index contributed by atoms with van der Waals surface area (Å²) in [7, 11) is 0. The summed E-state index contributed by atoms with van der Waals surface area (Å²) in [6.07, 6.45) is 5.92. The Labute approximate surface area is 138 Å². The van der Waals surface area contributed by atoms with Crippen molar-refractivity contribution in [2.24, 2.45) is 5.92 Å². The molecule has 3 atom stereocenters. The van der Waals surface area contributed by atoms with Crippen LogP contribution in [0.4, 0.5) is 4.39 Å². The van der Waals surface area contributed by atoms with Gasteiger partial charge in [-0.3, -0.25) is 4.79 Å². The summed E-state index contributed by atoms with van der Waals surface area (Å²) < 4.78 is 14.0. The van der Waals surface area contributed by atoms with E-state index in [1.54, 1.807) is 12.1 Å². The Morgan fingerprint density at radius 2 is 2.04 bits per heavy atom. The second-order valence-corrected chi connectivity index (χ2v) is 7.69. The first-order valence-electron chi connectivity index (χ1n) is 8.76. The highest BCUT2D eigenvalue weighted by molar-refractivity contribution is 5.82. The number of benzene rings is 1. The van der Waals surface area contributed by atoms with Crippen molar-refractivity contribution in [1.82, 2.24) is 10.6 Å². The zero-order valence-electron chi connectivity index (χ0n) is 14.1. The molecule has 1 saturated carbocycles. The summed E-state index contributed by atoms with van der Waals surface area (Å²) in [6, 6.07) is 7.23. The molecule has 1 aliphatic carbocycles. The third-order valence-electron chi connectivity index (χ3n) is 5.49. The molecule has 0 bridgehead atoms. The number of carbonyl (C=O) groups is 1. The fourth-order valence-corrected chi connectivity index (χ4v) is 4.06. The van der Waals surface area contributed by atoms with E-state index in [0.717, 1.165) is 6.42 Å². The average molecular weight is 318 g/mol. The van der Waals surface area contributed by atoms with E-state index in [1.807, 2.05) is 19.9 Å². The summed E-state index contributed by atoms with van der Waals surface area (Å²) in [5.41, 5.74) is 0.222. The Bertz CT molecular complexity index is 558. The minimum atomic E-state index is -0.424. The SMILES string of the molecule is CC(C)(CNC(=O)C1CC2CCCCC2N1)c1ccccc1F. The summed E-state index contributed by atoms with van der Waals surface area (Å²) in [5.74, 6) is 0.500. The first-order valence-corrected chi connectivity index (χ1v) is 8.76. The Morgan fingerprint density at radius 3 is 2.78 bits per heavy atom. The van der Waals surface area contributed by atoms with E-state index in [-0.39, 0.29) is 17.8 Å². The molecule has 0 spiro atoms. The third-order valence-corrected chi connectivity index (χ3v) is 5.49. The highest BCUT2D eigenvalue weighted by Gasteiger charge is 2.38. The number of amides is 1. The fraction of sp³-hybridized carbons (Fsp3) is 0.632. The van der Waals surface area contributed by atoms with E-state index in [2.05, 4.69) is 10.6 Å². The summed E-state index contributed by atoms with van der Waals surface area (Å²) >= 11 is 0. The molecule has 1 amide bonds. The smallest absolute Gasteiger partial charge is 0.237 e. The van der Waals surface area contributed by atoms with Gasteiger partial charge in [0.1, 0.15) is 5.82 Å². The fourth-order valence-electron chi connectivity index (χ4n) is 4.06. The molecular formula is C19H27FN2O. The number of carbonyl (C=O) groups excluding carboxylic acids is 1. The van der Waals surface area contributed by atoms with Gasteiger partial charge in [0.25, 0.3) is 0 Å². The number of hydrogen-bond acceptors (Lipinski definition) is 2. The van der Waals surface area contributed by atoms with E-state index in [9.17, 15) is 9.18 Å². The van der Waals surface area contributed by atoms with Crippen molar-refractivity contribution in [3.8, 4) is 0 Å². The van der Waals surface area contributed by atoms with Crippen LogP contribution in [-0.4, -0.2) is 24.5 Å². The lowest BCUT2D eigenvalue weighted by Gasteiger charge is -2.27. The molecule has 3 unspecified atom stereocenters. The van der Waals surface area contributed by atoms with Gasteiger partial charge in [-0.05, 0) is 36.8 Å². The van der Waals surface area contributed by atoms with Gasteiger partial charge < -0.3 is 10.6 Å². The molecule has 0 radical (unpaired) electrons. The highest BCUT2D eigenvalue weighted by atomic mass is 19.1. The highest BCUT2D eigenvalue weighted by Crippen LogP contribution is 2.33. The van der Waals surface area contributed by atoms with Crippen LogP contribution in [0.5, 0.6) is 0 Å². The van der Waals surface area contributed by atoms with Crippen molar-refractivity contribution in [3.05, 3.63) is 35.6 Å². The molecule has 3 nitrogen and oxygen atoms in total. The summed E-state index contributed by atoms with van der Waals surface area (Å²) in [6.45, 7) is 4.38. The van der Waals surface area contributed by atoms with Crippen LogP contribution in [0.3, 0.4) is 0 Å². The molecule has 1 saturated heterocycles. The van der Waals surface area contributed by atoms with Gasteiger partial charge >= 0.3 is 0 Å². The molecule has 1 heterocycles. The normalized spacial score (nSPS) is 27.5. The van der Waals surface area contributed by atoms with E-state index < -0.39 is 5.41 Å². The van der Waals surface area contributed by atoms with Gasteiger partial charge in [0, 0.05) is 18.0 Å². The third kappa shape index (κ3) is 3.57. The van der Waals surface area contributed by atoms with E-state index in [0.29, 0.717) is 24.1 Å². The van der Waals surface area contributed by atoms with Crippen LogP contribution in [0.2, 0.25) is 0 Å². The van der Waals surface area contributed by atoms with Gasteiger partial charge in [0.05, 0.1) is 6.04 Å². The van der Waals surface area contributed by atoms with Gasteiger partial charge in [-0.25, -0.2) is 4.39 Å². The quantitative estimate of drug-likeness (QED) is 0.895. The molecule has 2 aliphatic rings. The number of rotatable bonds is 4. The number of nitrogens with one attached hydrogen (secondary N) is 2. The van der Waals surface area contributed by atoms with Gasteiger partial charge in [0.2, 0.25) is 5.91 Å². The van der Waals surface area contributed by atoms with Crippen LogP contribution in [0.25, 0.3) is 0 Å². The molecule has 126 valence electrons. The van der Waals surface area contributed by atoms with E-state index >= 15 is 0 Å². The Morgan fingerprint density at radius 1 is 1.30 bits per heavy atom. The van der Waals surface area contributed by atoms with Crippen LogP contribution < -0.4 is 10.6 Å². The minimum absolute atomic E-state index is 0.0591. The van der Waals surface area contributed by atoms with Crippen LogP contribution in [-0.2, 0) is 10.2 Å². The summed E-state index contributed by atoms with van der Waals surface area (Å²) in [5, 5.41) is 6.53. The van der Waals surface area contributed by atoms with Crippen LogP contribution in [0, 0.1) is 11.7 Å². The lowest BCUT2D eigenvalue weighted by Crippen LogP contribution is -2.46. The van der Waals surface area contributed by atoms with Gasteiger partial charge in [-0.15, -0.1) is 0 Å². The topological polar surface area (TPSA) is 41.1 Å². The average Bonchev–Trinajstić information content (AvgIpc) is 2.97. The van der Waals surface area contributed by atoms with E-state index in [1.165, 1.54) is 31.7 Å². The molecule has 2 fully saturated rings. The molecule has 1 aromatic rings. The second-order valence-electron chi connectivity index (χ2n) is 7.69. The standard InChI is InChI=1S/C19H27FN2O/c1-19(2,14-8-4-5-9-15(14)20)12-21-18(23)17-11-13-7-3-6-10-16(13)22-17/h4-5,8-9,13,16-17,22H,3,6-7,10-12H2,1-2H3,(H,21,23). The van der Waals surface area contributed by atoms with Crippen molar-refractivity contribution in [1.29, 1.82) is 0 Å². The van der Waals surface area contributed by atoms with Crippen molar-refractivity contribution < 1.29 is 9.18 Å². The van der Waals surface area contributed by atoms with Crippen molar-refractivity contribution >= 4 is 5.91 Å². The molecule has 1 aliphatic heterocycles. The molecule has 2 N–H and O–H groups in total. The molecule has 1 aromatic carbocycles. The Kier molecular flexibility index (Phi) is 4.72. The van der Waals surface area contributed by atoms with Crippen LogP contribution in [0.1, 0.15) is 51.5 Å². The first-order chi connectivity index (χ1) is 11.0. The maximum Gasteiger partial charge on any atom is 0.237 e. The van der Waals surface area contributed by atoms with Crippen LogP contribution >= 0.6 is 0 Å². The van der Waals surface area contributed by atoms with Crippen LogP contribution in [0.15, 0.2) is 24.3 Å². The van der Waals surface area contributed by atoms with Gasteiger partial charge in [-0.2, -0.15) is 0 Å². The maximum atomic E-state index is 14.0. The monoisotopic (exact) mass is 318 g/mol. The first kappa shape index (κ1) is 16.4. The number of fused-ring (bicyclic) bond motifs is 1. The zero-order valence-corrected chi connectivity index (χ0v) is 14.1. The molecule has 0 aromatic heterocycles. The molecule has 23 heavy (non-hydrogen) atoms. The van der Waals surface area contributed by atoms with Crippen molar-refractivity contribution in [3.63, 3.8) is 0 Å². The van der Waals surface area contributed by atoms with Crippen molar-refractivity contribution in [2.75, 3.05) is 6.54 Å². The van der Waals surface area contributed by atoms with E-state index in [4.69, 9.17) is 0 Å². The lowest BCUT2D eigenvalue weighted by molar-refractivity contribution is -0.123. The lowest BCUT2D eigenvalue weighted by atomic mass is 9.84. The zero-order chi connectivity index (χ0) is 16.4. The Balaban J connectivity index is 1.57. The molecular weight excluding hydrogens is 291 g/mol.